The zero-order chi connectivity index (χ0) is 13.7. The Labute approximate surface area is 116 Å². The van der Waals surface area contributed by atoms with E-state index in [-0.39, 0.29) is 11.7 Å². The van der Waals surface area contributed by atoms with Crippen LogP contribution in [0.5, 0.6) is 0 Å². The Balaban J connectivity index is 2.86. The molecule has 18 heavy (non-hydrogen) atoms. The number of hydrogen-bond acceptors (Lipinski definition) is 4. The molecule has 0 aliphatic carbocycles. The molecule has 0 aliphatic rings. The van der Waals surface area contributed by atoms with Crippen molar-refractivity contribution in [2.75, 3.05) is 27.2 Å². The SMILES string of the molecule is CC(CCN)C(=O)c1c(Br)cnn1CCN(C)C. The molecule has 0 fully saturated rings. The molecule has 0 radical (unpaired) electrons. The van der Waals surface area contributed by atoms with Gasteiger partial charge in [-0.15, -0.1) is 0 Å². The Morgan fingerprint density at radius 1 is 1.61 bits per heavy atom. The van der Waals surface area contributed by atoms with Gasteiger partial charge in [0.25, 0.3) is 0 Å². The van der Waals surface area contributed by atoms with Crippen molar-refractivity contribution in [2.24, 2.45) is 11.7 Å². The average Bonchev–Trinajstić information content (AvgIpc) is 2.67. The lowest BCUT2D eigenvalue weighted by Gasteiger charge is -2.14. The van der Waals surface area contributed by atoms with Crippen LogP contribution in [0.1, 0.15) is 23.8 Å². The average molecular weight is 317 g/mol. The molecule has 0 saturated carbocycles. The van der Waals surface area contributed by atoms with Crippen molar-refractivity contribution in [3.63, 3.8) is 0 Å². The summed E-state index contributed by atoms with van der Waals surface area (Å²) in [5.74, 6) is 0.0321. The van der Waals surface area contributed by atoms with Gasteiger partial charge in [-0.2, -0.15) is 5.10 Å². The van der Waals surface area contributed by atoms with Crippen LogP contribution in [0.15, 0.2) is 10.7 Å². The van der Waals surface area contributed by atoms with Crippen molar-refractivity contribution in [2.45, 2.75) is 19.9 Å². The van der Waals surface area contributed by atoms with Gasteiger partial charge in [0.05, 0.1) is 17.2 Å². The molecule has 5 nitrogen and oxygen atoms in total. The molecule has 0 saturated heterocycles. The fourth-order valence-corrected chi connectivity index (χ4v) is 2.18. The Morgan fingerprint density at radius 3 is 2.83 bits per heavy atom. The highest BCUT2D eigenvalue weighted by atomic mass is 79.9. The standard InChI is InChI=1S/C12H21BrN4O/c1-9(4-5-14)12(18)11-10(13)8-15-17(11)7-6-16(2)3/h8-9H,4-7,14H2,1-3H3. The Bertz CT molecular complexity index is 403. The van der Waals surface area contributed by atoms with E-state index in [9.17, 15) is 4.79 Å². The van der Waals surface area contributed by atoms with Crippen LogP contribution in [0.25, 0.3) is 0 Å². The highest BCUT2D eigenvalue weighted by molar-refractivity contribution is 9.10. The van der Waals surface area contributed by atoms with Crippen molar-refractivity contribution in [1.29, 1.82) is 0 Å². The summed E-state index contributed by atoms with van der Waals surface area (Å²) in [6, 6.07) is 0. The second kappa shape index (κ2) is 7.01. The fraction of sp³-hybridized carbons (Fsp3) is 0.667. The molecule has 0 amide bonds. The first kappa shape index (κ1) is 15.3. The predicted octanol–water partition coefficient (Wildman–Crippen LogP) is 1.37. The molecule has 1 rings (SSSR count). The van der Waals surface area contributed by atoms with Gasteiger partial charge in [0.15, 0.2) is 5.78 Å². The molecule has 102 valence electrons. The lowest BCUT2D eigenvalue weighted by atomic mass is 10.0. The summed E-state index contributed by atoms with van der Waals surface area (Å²) in [6.45, 7) is 3.98. The van der Waals surface area contributed by atoms with Crippen molar-refractivity contribution >= 4 is 21.7 Å². The Kier molecular flexibility index (Phi) is 5.98. The van der Waals surface area contributed by atoms with Crippen LogP contribution in [0.2, 0.25) is 0 Å². The third-order valence-corrected chi connectivity index (χ3v) is 3.41. The number of nitrogens with two attached hydrogens (primary N) is 1. The monoisotopic (exact) mass is 316 g/mol. The van der Waals surface area contributed by atoms with E-state index >= 15 is 0 Å². The van der Waals surface area contributed by atoms with Gasteiger partial charge in [-0.05, 0) is 43.0 Å². The first-order chi connectivity index (χ1) is 8.47. The minimum atomic E-state index is -0.0684. The van der Waals surface area contributed by atoms with Gasteiger partial charge in [-0.3, -0.25) is 9.48 Å². The predicted molar refractivity (Wildman–Crippen MR) is 75.6 cm³/mol. The van der Waals surface area contributed by atoms with Crippen molar-refractivity contribution in [3.8, 4) is 0 Å². The number of carbonyl (C=O) groups is 1. The molecule has 0 aromatic carbocycles. The third kappa shape index (κ3) is 3.90. The molecule has 2 N–H and O–H groups in total. The minimum Gasteiger partial charge on any atom is -0.330 e. The number of nitrogens with zero attached hydrogens (tertiary/aromatic N) is 3. The molecular formula is C12H21BrN4O. The molecule has 6 heteroatoms. The van der Waals surface area contributed by atoms with Crippen LogP contribution in [-0.4, -0.2) is 47.6 Å². The number of aromatic nitrogens is 2. The van der Waals surface area contributed by atoms with Crippen LogP contribution in [0.3, 0.4) is 0 Å². The van der Waals surface area contributed by atoms with Gasteiger partial charge < -0.3 is 10.6 Å². The molecule has 0 spiro atoms. The molecular weight excluding hydrogens is 296 g/mol. The number of hydrogen-bond donors (Lipinski definition) is 1. The molecule has 0 aliphatic heterocycles. The number of ketones is 1. The zero-order valence-electron chi connectivity index (χ0n) is 11.2. The van der Waals surface area contributed by atoms with E-state index in [1.54, 1.807) is 10.9 Å². The maximum absolute atomic E-state index is 12.3. The fourth-order valence-electron chi connectivity index (χ4n) is 1.69. The topological polar surface area (TPSA) is 64.2 Å². The third-order valence-electron chi connectivity index (χ3n) is 2.83. The van der Waals surface area contributed by atoms with Crippen molar-refractivity contribution < 1.29 is 4.79 Å². The van der Waals surface area contributed by atoms with E-state index in [0.717, 1.165) is 11.0 Å². The smallest absolute Gasteiger partial charge is 0.184 e. The van der Waals surface area contributed by atoms with Crippen LogP contribution in [0, 0.1) is 5.92 Å². The Hall–Kier alpha value is -0.720. The van der Waals surface area contributed by atoms with Gasteiger partial charge >= 0.3 is 0 Å². The summed E-state index contributed by atoms with van der Waals surface area (Å²) in [6.07, 6.45) is 2.38. The summed E-state index contributed by atoms with van der Waals surface area (Å²) in [5, 5.41) is 4.24. The molecule has 1 unspecified atom stereocenters. The molecule has 1 aromatic rings. The zero-order valence-corrected chi connectivity index (χ0v) is 12.8. The van der Waals surface area contributed by atoms with E-state index in [2.05, 4.69) is 25.9 Å². The molecule has 1 heterocycles. The van der Waals surface area contributed by atoms with Gasteiger partial charge in [0, 0.05) is 12.5 Å². The number of likely N-dealkylation sites (N-methyl/N-ethyl adjacent to an activating group) is 1. The van der Waals surface area contributed by atoms with Crippen LogP contribution in [0.4, 0.5) is 0 Å². The summed E-state index contributed by atoms with van der Waals surface area (Å²) in [5.41, 5.74) is 6.15. The maximum Gasteiger partial charge on any atom is 0.184 e. The van der Waals surface area contributed by atoms with Gasteiger partial charge in [-0.25, -0.2) is 0 Å². The summed E-state index contributed by atoms with van der Waals surface area (Å²) in [7, 11) is 3.99. The van der Waals surface area contributed by atoms with Gasteiger partial charge in [0.2, 0.25) is 0 Å². The van der Waals surface area contributed by atoms with Crippen LogP contribution < -0.4 is 5.73 Å². The second-order valence-electron chi connectivity index (χ2n) is 4.71. The van der Waals surface area contributed by atoms with Crippen LogP contribution >= 0.6 is 15.9 Å². The van der Waals surface area contributed by atoms with E-state index in [0.29, 0.717) is 25.2 Å². The maximum atomic E-state index is 12.3. The van der Waals surface area contributed by atoms with Crippen molar-refractivity contribution in [3.05, 3.63) is 16.4 Å². The Morgan fingerprint density at radius 2 is 2.28 bits per heavy atom. The molecule has 1 atom stereocenters. The summed E-state index contributed by atoms with van der Waals surface area (Å²) >= 11 is 3.40. The van der Waals surface area contributed by atoms with Crippen LogP contribution in [-0.2, 0) is 6.54 Å². The first-order valence-electron chi connectivity index (χ1n) is 6.07. The quantitative estimate of drug-likeness (QED) is 0.772. The number of carbonyl (C=O) groups excluding carboxylic acids is 1. The number of Topliss-reactive ketones (excluding diaryl/α,β-unsaturated/α-hetero) is 1. The highest BCUT2D eigenvalue weighted by Gasteiger charge is 2.22. The summed E-state index contributed by atoms with van der Waals surface area (Å²) < 4.78 is 2.52. The molecule has 1 aromatic heterocycles. The lowest BCUT2D eigenvalue weighted by molar-refractivity contribution is 0.0913. The summed E-state index contributed by atoms with van der Waals surface area (Å²) in [4.78, 5) is 14.4. The second-order valence-corrected chi connectivity index (χ2v) is 5.56. The van der Waals surface area contributed by atoms with Crippen molar-refractivity contribution in [1.82, 2.24) is 14.7 Å². The highest BCUT2D eigenvalue weighted by Crippen LogP contribution is 2.21. The van der Waals surface area contributed by atoms with E-state index < -0.39 is 0 Å². The normalized spacial score (nSPS) is 13.0. The van der Waals surface area contributed by atoms with Gasteiger partial charge in [0.1, 0.15) is 5.69 Å². The first-order valence-corrected chi connectivity index (χ1v) is 6.87. The minimum absolute atomic E-state index is 0.0684. The van der Waals surface area contributed by atoms with E-state index in [1.165, 1.54) is 0 Å². The van der Waals surface area contributed by atoms with Gasteiger partial charge in [-0.1, -0.05) is 6.92 Å². The lowest BCUT2D eigenvalue weighted by Crippen LogP contribution is -2.24. The van der Waals surface area contributed by atoms with E-state index in [1.807, 2.05) is 21.0 Å². The largest absolute Gasteiger partial charge is 0.330 e. The molecule has 0 bridgehead atoms. The van der Waals surface area contributed by atoms with E-state index in [4.69, 9.17) is 5.73 Å². The number of halogens is 1. The number of rotatable bonds is 7.